The standard InChI is InChI=1S/C19H22O3/c1-13-7-5-10-16(19(2,3)4)17(13)22-12-14-8-6-9-15(11-14)18(20)21/h5-11H,12H2,1-4H3,(H,20,21). The Labute approximate surface area is 131 Å². The van der Waals surface area contributed by atoms with Gasteiger partial charge in [-0.05, 0) is 41.2 Å². The van der Waals surface area contributed by atoms with Crippen LogP contribution in [0, 0.1) is 6.92 Å². The second kappa shape index (κ2) is 6.22. The number of benzene rings is 2. The highest BCUT2D eigenvalue weighted by atomic mass is 16.5. The van der Waals surface area contributed by atoms with Crippen LogP contribution in [0.4, 0.5) is 0 Å². The molecule has 0 bridgehead atoms. The van der Waals surface area contributed by atoms with Crippen molar-refractivity contribution in [1.82, 2.24) is 0 Å². The van der Waals surface area contributed by atoms with E-state index in [9.17, 15) is 4.79 Å². The van der Waals surface area contributed by atoms with E-state index in [0.717, 1.165) is 22.4 Å². The topological polar surface area (TPSA) is 46.5 Å². The van der Waals surface area contributed by atoms with Gasteiger partial charge in [0.25, 0.3) is 0 Å². The molecule has 1 N–H and O–H groups in total. The molecule has 0 unspecified atom stereocenters. The van der Waals surface area contributed by atoms with Crippen LogP contribution < -0.4 is 4.74 Å². The summed E-state index contributed by atoms with van der Waals surface area (Å²) in [7, 11) is 0. The van der Waals surface area contributed by atoms with Crippen molar-refractivity contribution in [2.24, 2.45) is 0 Å². The fourth-order valence-electron chi connectivity index (χ4n) is 2.38. The Hall–Kier alpha value is -2.29. The highest BCUT2D eigenvalue weighted by molar-refractivity contribution is 5.87. The predicted molar refractivity (Wildman–Crippen MR) is 87.6 cm³/mol. The fraction of sp³-hybridized carbons (Fsp3) is 0.316. The minimum Gasteiger partial charge on any atom is -0.488 e. The van der Waals surface area contributed by atoms with Crippen LogP contribution in [0.25, 0.3) is 0 Å². The molecular weight excluding hydrogens is 276 g/mol. The molecule has 3 heteroatoms. The van der Waals surface area contributed by atoms with Gasteiger partial charge < -0.3 is 9.84 Å². The van der Waals surface area contributed by atoms with Crippen molar-refractivity contribution in [1.29, 1.82) is 0 Å². The zero-order chi connectivity index (χ0) is 16.3. The lowest BCUT2D eigenvalue weighted by atomic mass is 9.85. The van der Waals surface area contributed by atoms with E-state index < -0.39 is 5.97 Å². The minimum atomic E-state index is -0.923. The molecule has 0 heterocycles. The maximum Gasteiger partial charge on any atom is 0.335 e. The van der Waals surface area contributed by atoms with Gasteiger partial charge >= 0.3 is 5.97 Å². The van der Waals surface area contributed by atoms with Gasteiger partial charge in [-0.3, -0.25) is 0 Å². The van der Waals surface area contributed by atoms with Crippen molar-refractivity contribution < 1.29 is 14.6 Å². The molecule has 0 aromatic heterocycles. The smallest absolute Gasteiger partial charge is 0.335 e. The minimum absolute atomic E-state index is 0.00966. The summed E-state index contributed by atoms with van der Waals surface area (Å²) in [6.45, 7) is 8.84. The quantitative estimate of drug-likeness (QED) is 0.899. The molecule has 0 aliphatic heterocycles. The number of hydrogen-bond acceptors (Lipinski definition) is 2. The number of para-hydroxylation sites is 1. The second-order valence-electron chi connectivity index (χ2n) is 6.50. The van der Waals surface area contributed by atoms with Gasteiger partial charge in [-0.25, -0.2) is 4.79 Å². The van der Waals surface area contributed by atoms with E-state index in [1.165, 1.54) is 0 Å². The second-order valence-corrected chi connectivity index (χ2v) is 6.50. The third kappa shape index (κ3) is 3.67. The number of carboxylic acids is 1. The number of carbonyl (C=O) groups is 1. The summed E-state index contributed by atoms with van der Waals surface area (Å²) in [5.41, 5.74) is 3.36. The summed E-state index contributed by atoms with van der Waals surface area (Å²) in [6, 6.07) is 13.0. The van der Waals surface area contributed by atoms with Crippen molar-refractivity contribution in [3.05, 3.63) is 64.7 Å². The average molecular weight is 298 g/mol. The molecule has 0 amide bonds. The van der Waals surface area contributed by atoms with E-state index in [4.69, 9.17) is 9.84 Å². The first-order valence-electron chi connectivity index (χ1n) is 7.34. The zero-order valence-corrected chi connectivity index (χ0v) is 13.5. The summed E-state index contributed by atoms with van der Waals surface area (Å²) in [5, 5.41) is 9.05. The van der Waals surface area contributed by atoms with Crippen molar-refractivity contribution in [2.75, 3.05) is 0 Å². The first kappa shape index (κ1) is 16.1. The number of ether oxygens (including phenoxy) is 1. The molecule has 0 atom stereocenters. The Balaban J connectivity index is 2.25. The van der Waals surface area contributed by atoms with Crippen LogP contribution in [0.5, 0.6) is 5.75 Å². The Morgan fingerprint density at radius 2 is 1.82 bits per heavy atom. The number of hydrogen-bond donors (Lipinski definition) is 1. The lowest BCUT2D eigenvalue weighted by molar-refractivity contribution is 0.0696. The van der Waals surface area contributed by atoms with E-state index in [-0.39, 0.29) is 11.0 Å². The van der Waals surface area contributed by atoms with E-state index in [1.54, 1.807) is 18.2 Å². The molecule has 0 fully saturated rings. The van der Waals surface area contributed by atoms with E-state index in [0.29, 0.717) is 6.61 Å². The third-order valence-corrected chi connectivity index (χ3v) is 3.58. The van der Waals surface area contributed by atoms with Crippen LogP contribution in [0.15, 0.2) is 42.5 Å². The molecule has 0 radical (unpaired) electrons. The molecule has 0 spiro atoms. The lowest BCUT2D eigenvalue weighted by Crippen LogP contribution is -2.14. The highest BCUT2D eigenvalue weighted by Gasteiger charge is 2.20. The molecule has 2 aromatic rings. The van der Waals surface area contributed by atoms with Crippen LogP contribution in [-0.4, -0.2) is 11.1 Å². The molecule has 0 aliphatic carbocycles. The van der Waals surface area contributed by atoms with Gasteiger partial charge in [0.05, 0.1) is 5.56 Å². The van der Waals surface area contributed by atoms with Crippen LogP contribution in [-0.2, 0) is 12.0 Å². The lowest BCUT2D eigenvalue weighted by Gasteiger charge is -2.24. The SMILES string of the molecule is Cc1cccc(C(C)(C)C)c1OCc1cccc(C(=O)O)c1. The van der Waals surface area contributed by atoms with Crippen molar-refractivity contribution >= 4 is 5.97 Å². The number of carboxylic acid groups (broad SMARTS) is 1. The van der Waals surface area contributed by atoms with Gasteiger partial charge in [-0.15, -0.1) is 0 Å². The largest absolute Gasteiger partial charge is 0.488 e. The summed E-state index contributed by atoms with van der Waals surface area (Å²) < 4.78 is 6.02. The zero-order valence-electron chi connectivity index (χ0n) is 13.5. The Kier molecular flexibility index (Phi) is 4.55. The summed E-state index contributed by atoms with van der Waals surface area (Å²) >= 11 is 0. The van der Waals surface area contributed by atoms with E-state index in [1.807, 2.05) is 25.1 Å². The molecule has 2 aromatic carbocycles. The first-order chi connectivity index (χ1) is 10.3. The molecule has 0 saturated carbocycles. The van der Waals surface area contributed by atoms with Gasteiger partial charge in [0.15, 0.2) is 0 Å². The number of rotatable bonds is 4. The number of aryl methyl sites for hydroxylation is 1. The first-order valence-corrected chi connectivity index (χ1v) is 7.34. The highest BCUT2D eigenvalue weighted by Crippen LogP contribution is 2.34. The summed E-state index contributed by atoms with van der Waals surface area (Å²) in [6.07, 6.45) is 0. The molecular formula is C19H22O3. The van der Waals surface area contributed by atoms with Crippen LogP contribution in [0.3, 0.4) is 0 Å². The molecule has 0 saturated heterocycles. The Bertz CT molecular complexity index is 681. The van der Waals surface area contributed by atoms with Gasteiger partial charge in [0, 0.05) is 0 Å². The molecule has 3 nitrogen and oxygen atoms in total. The van der Waals surface area contributed by atoms with Crippen molar-refractivity contribution in [3.63, 3.8) is 0 Å². The molecule has 0 aliphatic rings. The summed E-state index contributed by atoms with van der Waals surface area (Å²) in [5.74, 6) is -0.0381. The average Bonchev–Trinajstić information content (AvgIpc) is 2.45. The Morgan fingerprint density at radius 1 is 1.14 bits per heavy atom. The van der Waals surface area contributed by atoms with Crippen molar-refractivity contribution in [3.8, 4) is 5.75 Å². The monoisotopic (exact) mass is 298 g/mol. The maximum atomic E-state index is 11.0. The fourth-order valence-corrected chi connectivity index (χ4v) is 2.38. The van der Waals surface area contributed by atoms with E-state index >= 15 is 0 Å². The predicted octanol–water partition coefficient (Wildman–Crippen LogP) is 4.57. The van der Waals surface area contributed by atoms with Crippen LogP contribution in [0.1, 0.15) is 47.8 Å². The normalized spacial score (nSPS) is 11.3. The van der Waals surface area contributed by atoms with Gasteiger partial charge in [-0.2, -0.15) is 0 Å². The van der Waals surface area contributed by atoms with Crippen molar-refractivity contribution in [2.45, 2.75) is 39.7 Å². The maximum absolute atomic E-state index is 11.0. The molecule has 116 valence electrons. The molecule has 2 rings (SSSR count). The number of aromatic carboxylic acids is 1. The summed E-state index contributed by atoms with van der Waals surface area (Å²) in [4.78, 5) is 11.0. The van der Waals surface area contributed by atoms with Crippen LogP contribution in [0.2, 0.25) is 0 Å². The van der Waals surface area contributed by atoms with Crippen LogP contribution >= 0.6 is 0 Å². The third-order valence-electron chi connectivity index (χ3n) is 3.58. The molecule has 22 heavy (non-hydrogen) atoms. The van der Waals surface area contributed by atoms with E-state index in [2.05, 4.69) is 26.8 Å². The Morgan fingerprint density at radius 3 is 2.45 bits per heavy atom. The van der Waals surface area contributed by atoms with Gasteiger partial charge in [0.2, 0.25) is 0 Å². The van der Waals surface area contributed by atoms with Gasteiger partial charge in [0.1, 0.15) is 12.4 Å². The van der Waals surface area contributed by atoms with Gasteiger partial charge in [-0.1, -0.05) is 51.1 Å².